The predicted molar refractivity (Wildman–Crippen MR) is 124 cm³/mol. The Hall–Kier alpha value is -1.36. The van der Waals surface area contributed by atoms with Gasteiger partial charge in [-0.1, -0.05) is 22.9 Å². The Labute approximate surface area is 198 Å². The van der Waals surface area contributed by atoms with Crippen LogP contribution in [0.5, 0.6) is 0 Å². The van der Waals surface area contributed by atoms with Crippen LogP contribution in [0.2, 0.25) is 4.34 Å². The Bertz CT molecular complexity index is 1040. The quantitative estimate of drug-likeness (QED) is 0.450. The van der Waals surface area contributed by atoms with Gasteiger partial charge in [0.05, 0.1) is 28.7 Å². The number of hydrogen-bond acceptors (Lipinski definition) is 6. The fourth-order valence-corrected chi connectivity index (χ4v) is 5.48. The molecule has 0 unspecified atom stereocenters. The molecule has 5 nitrogen and oxygen atoms in total. The van der Waals surface area contributed by atoms with E-state index in [1.54, 1.807) is 11.0 Å². The molecule has 0 N–H and O–H groups in total. The molecule has 3 aromatic rings. The fourth-order valence-electron chi connectivity index (χ4n) is 3.36. The minimum absolute atomic E-state index is 0. The molecule has 0 atom stereocenters. The van der Waals surface area contributed by atoms with E-state index < -0.39 is 11.6 Å². The van der Waals surface area contributed by atoms with E-state index >= 15 is 0 Å². The van der Waals surface area contributed by atoms with E-state index in [2.05, 4.69) is 9.88 Å². The third-order valence-electron chi connectivity index (χ3n) is 4.85. The Morgan fingerprint density at radius 1 is 1.23 bits per heavy atom. The molecule has 1 aliphatic heterocycles. The van der Waals surface area contributed by atoms with Crippen LogP contribution in [0.3, 0.4) is 0 Å². The van der Waals surface area contributed by atoms with Gasteiger partial charge in [-0.2, -0.15) is 0 Å². The van der Waals surface area contributed by atoms with Crippen LogP contribution < -0.4 is 4.90 Å². The first-order chi connectivity index (χ1) is 14.5. The highest BCUT2D eigenvalue weighted by Gasteiger charge is 2.22. The van der Waals surface area contributed by atoms with Crippen molar-refractivity contribution < 1.29 is 18.3 Å². The number of amides is 1. The Kier molecular flexibility index (Phi) is 8.60. The van der Waals surface area contributed by atoms with Crippen LogP contribution in [-0.2, 0) is 16.0 Å². The molecule has 0 bridgehead atoms. The zero-order chi connectivity index (χ0) is 21.1. The van der Waals surface area contributed by atoms with Crippen molar-refractivity contribution in [2.24, 2.45) is 0 Å². The number of nitrogens with zero attached hydrogens (tertiary/aromatic N) is 3. The smallest absolute Gasteiger partial charge is 0.234 e. The van der Waals surface area contributed by atoms with E-state index in [1.807, 2.05) is 6.07 Å². The summed E-state index contributed by atoms with van der Waals surface area (Å²) >= 11 is 8.46. The second-order valence-electron chi connectivity index (χ2n) is 6.97. The van der Waals surface area contributed by atoms with E-state index in [1.165, 1.54) is 17.4 Å². The van der Waals surface area contributed by atoms with Crippen LogP contribution in [0.25, 0.3) is 10.2 Å². The molecule has 31 heavy (non-hydrogen) atoms. The van der Waals surface area contributed by atoms with Gasteiger partial charge < -0.3 is 4.74 Å². The normalized spacial score (nSPS) is 14.5. The SMILES string of the molecule is Cl.O=C(Cc1ccc(Cl)s1)N(CCCN1CCOCC1)c1nc2c(F)cc(F)cc2s1. The number of aromatic nitrogens is 1. The standard InChI is InChI=1S/C20H20ClF2N3O2S2.ClH/c21-17-3-2-14(29-17)12-18(27)26(5-1-4-25-6-8-28-9-7-25)20-24-19-15(23)10-13(22)11-16(19)30-20;/h2-3,10-11H,1,4-9,12H2;1H. The average molecular weight is 508 g/mol. The lowest BCUT2D eigenvalue weighted by Gasteiger charge is -2.27. The number of ether oxygens (including phenoxy) is 1. The van der Waals surface area contributed by atoms with Crippen molar-refractivity contribution in [3.63, 3.8) is 0 Å². The molecule has 0 aliphatic carbocycles. The molecular weight excluding hydrogens is 487 g/mol. The van der Waals surface area contributed by atoms with Gasteiger partial charge in [-0.15, -0.1) is 23.7 Å². The molecule has 0 radical (unpaired) electrons. The number of hydrogen-bond donors (Lipinski definition) is 0. The van der Waals surface area contributed by atoms with Gasteiger partial charge >= 0.3 is 0 Å². The molecular formula is C20H21Cl2F2N3O2S2. The minimum atomic E-state index is -0.724. The number of anilines is 1. The Morgan fingerprint density at radius 3 is 2.71 bits per heavy atom. The monoisotopic (exact) mass is 507 g/mol. The van der Waals surface area contributed by atoms with Crippen molar-refractivity contribution >= 4 is 67.9 Å². The molecule has 1 fully saturated rings. The first kappa shape index (κ1) is 24.3. The Morgan fingerprint density at radius 2 is 2.00 bits per heavy atom. The summed E-state index contributed by atoms with van der Waals surface area (Å²) in [4.78, 5) is 22.1. The van der Waals surface area contributed by atoms with Crippen LogP contribution >= 0.6 is 46.7 Å². The second kappa shape index (κ2) is 11.0. The van der Waals surface area contributed by atoms with Crippen LogP contribution in [-0.4, -0.2) is 55.2 Å². The molecule has 2 aromatic heterocycles. The number of rotatable bonds is 7. The lowest BCUT2D eigenvalue weighted by atomic mass is 10.3. The maximum Gasteiger partial charge on any atom is 0.234 e. The third kappa shape index (κ3) is 6.12. The van der Waals surface area contributed by atoms with Crippen LogP contribution in [0.4, 0.5) is 13.9 Å². The lowest BCUT2D eigenvalue weighted by Crippen LogP contribution is -2.39. The summed E-state index contributed by atoms with van der Waals surface area (Å²) in [6.45, 7) is 4.43. The largest absolute Gasteiger partial charge is 0.379 e. The number of thiazole rings is 1. The van der Waals surface area contributed by atoms with Crippen molar-refractivity contribution in [1.82, 2.24) is 9.88 Å². The number of carbonyl (C=O) groups excluding carboxylic acids is 1. The van der Waals surface area contributed by atoms with Gasteiger partial charge in [0, 0.05) is 37.1 Å². The molecule has 4 rings (SSSR count). The lowest BCUT2D eigenvalue weighted by molar-refractivity contribution is -0.118. The number of fused-ring (bicyclic) bond motifs is 1. The van der Waals surface area contributed by atoms with E-state index in [4.69, 9.17) is 16.3 Å². The van der Waals surface area contributed by atoms with Gasteiger partial charge in [0.15, 0.2) is 10.9 Å². The van der Waals surface area contributed by atoms with Crippen LogP contribution in [0, 0.1) is 11.6 Å². The topological polar surface area (TPSA) is 45.7 Å². The first-order valence-corrected chi connectivity index (χ1v) is 11.6. The zero-order valence-electron chi connectivity index (χ0n) is 16.5. The molecule has 1 aliphatic rings. The summed E-state index contributed by atoms with van der Waals surface area (Å²) in [5, 5.41) is 0.379. The van der Waals surface area contributed by atoms with E-state index in [9.17, 15) is 13.6 Å². The molecule has 1 amide bonds. The summed E-state index contributed by atoms with van der Waals surface area (Å²) < 4.78 is 34.1. The van der Waals surface area contributed by atoms with Gasteiger partial charge in [0.2, 0.25) is 5.91 Å². The van der Waals surface area contributed by atoms with E-state index in [0.29, 0.717) is 33.9 Å². The molecule has 0 spiro atoms. The average Bonchev–Trinajstić information content (AvgIpc) is 3.32. The van der Waals surface area contributed by atoms with E-state index in [-0.39, 0.29) is 30.3 Å². The van der Waals surface area contributed by atoms with Crippen molar-refractivity contribution in [1.29, 1.82) is 0 Å². The zero-order valence-corrected chi connectivity index (χ0v) is 19.7. The third-order valence-corrected chi connectivity index (χ3v) is 7.10. The predicted octanol–water partition coefficient (Wildman–Crippen LogP) is 5.01. The summed E-state index contributed by atoms with van der Waals surface area (Å²) in [7, 11) is 0. The molecule has 11 heteroatoms. The van der Waals surface area contributed by atoms with Crippen LogP contribution in [0.1, 0.15) is 11.3 Å². The number of benzene rings is 1. The van der Waals surface area contributed by atoms with Crippen molar-refractivity contribution in [3.05, 3.63) is 45.1 Å². The molecule has 3 heterocycles. The number of halogens is 4. The number of thiophene rings is 1. The van der Waals surface area contributed by atoms with Gasteiger partial charge in [0.25, 0.3) is 0 Å². The number of carbonyl (C=O) groups is 1. The summed E-state index contributed by atoms with van der Waals surface area (Å²) in [5.74, 6) is -1.53. The van der Waals surface area contributed by atoms with Crippen LogP contribution in [0.15, 0.2) is 24.3 Å². The van der Waals surface area contributed by atoms with Crippen molar-refractivity contribution in [3.8, 4) is 0 Å². The van der Waals surface area contributed by atoms with Gasteiger partial charge in [0.1, 0.15) is 11.3 Å². The maximum absolute atomic E-state index is 14.1. The van der Waals surface area contributed by atoms with Crippen molar-refractivity contribution in [2.45, 2.75) is 12.8 Å². The first-order valence-electron chi connectivity index (χ1n) is 9.60. The summed E-state index contributed by atoms with van der Waals surface area (Å²) in [6, 6.07) is 5.64. The van der Waals surface area contributed by atoms with E-state index in [0.717, 1.165) is 48.3 Å². The van der Waals surface area contributed by atoms with Gasteiger partial charge in [-0.05, 0) is 24.6 Å². The maximum atomic E-state index is 14.1. The highest BCUT2D eigenvalue weighted by Crippen LogP contribution is 2.32. The highest BCUT2D eigenvalue weighted by molar-refractivity contribution is 7.22. The molecule has 0 saturated carbocycles. The summed E-state index contributed by atoms with van der Waals surface area (Å²) in [5.41, 5.74) is 0.0848. The molecule has 168 valence electrons. The highest BCUT2D eigenvalue weighted by atomic mass is 35.5. The van der Waals surface area contributed by atoms with Gasteiger partial charge in [-0.3, -0.25) is 14.6 Å². The second-order valence-corrected chi connectivity index (χ2v) is 9.78. The molecule has 1 saturated heterocycles. The van der Waals surface area contributed by atoms with Gasteiger partial charge in [-0.25, -0.2) is 13.8 Å². The van der Waals surface area contributed by atoms with Crippen molar-refractivity contribution in [2.75, 3.05) is 44.3 Å². The Balaban J connectivity index is 0.00000272. The minimum Gasteiger partial charge on any atom is -0.379 e. The fraction of sp³-hybridized carbons (Fsp3) is 0.400. The number of morpholine rings is 1. The summed E-state index contributed by atoms with van der Waals surface area (Å²) in [6.07, 6.45) is 0.922. The molecule has 1 aromatic carbocycles.